The first-order chi connectivity index (χ1) is 16.2. The summed E-state index contributed by atoms with van der Waals surface area (Å²) in [4.78, 5) is 48.9. The highest BCUT2D eigenvalue weighted by Gasteiger charge is 2.36. The number of primary amides is 1. The number of imide groups is 1. The van der Waals surface area contributed by atoms with Crippen molar-refractivity contribution >= 4 is 46.5 Å². The summed E-state index contributed by atoms with van der Waals surface area (Å²) in [5, 5.41) is 1.52. The van der Waals surface area contributed by atoms with Gasteiger partial charge in [-0.1, -0.05) is 6.07 Å². The summed E-state index contributed by atoms with van der Waals surface area (Å²) in [5.41, 5.74) is 5.30. The fourth-order valence-corrected chi connectivity index (χ4v) is 3.70. The summed E-state index contributed by atoms with van der Waals surface area (Å²) in [5.74, 6) is -3.43. The summed E-state index contributed by atoms with van der Waals surface area (Å²) in [6.07, 6.45) is 1.43. The van der Waals surface area contributed by atoms with Crippen molar-refractivity contribution in [1.82, 2.24) is 4.90 Å². The third kappa shape index (κ3) is 6.10. The van der Waals surface area contributed by atoms with E-state index in [1.807, 2.05) is 0 Å². The van der Waals surface area contributed by atoms with Gasteiger partial charge >= 0.3 is 0 Å². The predicted molar refractivity (Wildman–Crippen MR) is 120 cm³/mol. The summed E-state index contributed by atoms with van der Waals surface area (Å²) >= 11 is 0.629. The number of nitrogens with one attached hydrogen (secondary N) is 1. The highest BCUT2D eigenvalue weighted by molar-refractivity contribution is 8.18. The highest BCUT2D eigenvalue weighted by Crippen LogP contribution is 2.34. The molecule has 0 bridgehead atoms. The van der Waals surface area contributed by atoms with E-state index in [1.54, 1.807) is 19.1 Å². The van der Waals surface area contributed by atoms with Crippen molar-refractivity contribution in [3.8, 4) is 11.5 Å². The lowest BCUT2D eigenvalue weighted by Gasteiger charge is -2.13. The number of rotatable bonds is 9. The standard InChI is InChI=1S/C22H19F2N3O6S/c1-2-32-17-7-12(3-6-16(17)33-11-19(25)28)8-18-21(30)27(22(31)34-18)10-20(29)26-15-5-4-13(23)9-14(15)24/h3-9H,2,10-11H2,1H3,(H2,25,28)(H,26,29). The molecule has 1 heterocycles. The molecule has 1 aliphatic heterocycles. The Morgan fingerprint density at radius 1 is 1.12 bits per heavy atom. The molecule has 0 radical (unpaired) electrons. The second kappa shape index (κ2) is 10.8. The Morgan fingerprint density at radius 3 is 2.56 bits per heavy atom. The van der Waals surface area contributed by atoms with E-state index >= 15 is 0 Å². The Hall–Kier alpha value is -3.93. The molecule has 1 fully saturated rings. The number of thioether (sulfide) groups is 1. The van der Waals surface area contributed by atoms with E-state index in [-0.39, 0.29) is 22.9 Å². The second-order valence-corrected chi connectivity index (χ2v) is 7.83. The number of benzene rings is 2. The van der Waals surface area contributed by atoms with Gasteiger partial charge in [0.15, 0.2) is 18.1 Å². The summed E-state index contributed by atoms with van der Waals surface area (Å²) in [7, 11) is 0. The zero-order chi connectivity index (χ0) is 24.8. The van der Waals surface area contributed by atoms with E-state index in [0.717, 1.165) is 12.1 Å². The van der Waals surface area contributed by atoms with Crippen LogP contribution in [0.4, 0.5) is 19.3 Å². The number of nitrogens with zero attached hydrogens (tertiary/aromatic N) is 1. The third-order valence-electron chi connectivity index (χ3n) is 4.32. The van der Waals surface area contributed by atoms with Gasteiger partial charge in [0, 0.05) is 6.07 Å². The first-order valence-corrected chi connectivity index (χ1v) is 10.7. The molecule has 12 heteroatoms. The molecule has 0 spiro atoms. The minimum Gasteiger partial charge on any atom is -0.490 e. The lowest BCUT2D eigenvalue weighted by atomic mass is 10.2. The Bertz CT molecular complexity index is 1190. The fourth-order valence-electron chi connectivity index (χ4n) is 2.86. The van der Waals surface area contributed by atoms with Gasteiger partial charge in [0.2, 0.25) is 5.91 Å². The summed E-state index contributed by atoms with van der Waals surface area (Å²) < 4.78 is 37.5. The number of halogens is 2. The van der Waals surface area contributed by atoms with Gasteiger partial charge < -0.3 is 20.5 Å². The maximum absolute atomic E-state index is 13.7. The molecule has 0 atom stereocenters. The van der Waals surface area contributed by atoms with Crippen LogP contribution in [0.5, 0.6) is 11.5 Å². The zero-order valence-corrected chi connectivity index (χ0v) is 18.6. The maximum atomic E-state index is 13.7. The van der Waals surface area contributed by atoms with E-state index in [9.17, 15) is 28.0 Å². The molecule has 3 rings (SSSR count). The molecule has 34 heavy (non-hydrogen) atoms. The van der Waals surface area contributed by atoms with Crippen LogP contribution in [0.25, 0.3) is 6.08 Å². The van der Waals surface area contributed by atoms with Crippen LogP contribution >= 0.6 is 11.8 Å². The molecule has 178 valence electrons. The van der Waals surface area contributed by atoms with E-state index in [1.165, 1.54) is 12.1 Å². The van der Waals surface area contributed by atoms with Crippen molar-refractivity contribution in [2.75, 3.05) is 25.1 Å². The second-order valence-electron chi connectivity index (χ2n) is 6.83. The lowest BCUT2D eigenvalue weighted by molar-refractivity contribution is -0.127. The van der Waals surface area contributed by atoms with Crippen LogP contribution in [0.1, 0.15) is 12.5 Å². The quantitative estimate of drug-likeness (QED) is 0.516. The van der Waals surface area contributed by atoms with Crippen LogP contribution < -0.4 is 20.5 Å². The van der Waals surface area contributed by atoms with Crippen LogP contribution in [-0.2, 0) is 14.4 Å². The molecule has 1 aliphatic rings. The molecule has 4 amide bonds. The number of hydrogen-bond acceptors (Lipinski definition) is 7. The van der Waals surface area contributed by atoms with Gasteiger partial charge in [-0.15, -0.1) is 0 Å². The normalized spacial score (nSPS) is 14.4. The number of carbonyl (C=O) groups excluding carboxylic acids is 4. The van der Waals surface area contributed by atoms with Gasteiger partial charge in [0.05, 0.1) is 17.2 Å². The number of nitrogens with two attached hydrogens (primary N) is 1. The number of hydrogen-bond donors (Lipinski definition) is 2. The molecule has 0 aliphatic carbocycles. The number of anilines is 1. The Morgan fingerprint density at radius 2 is 1.88 bits per heavy atom. The van der Waals surface area contributed by atoms with Crippen molar-refractivity contribution in [3.63, 3.8) is 0 Å². The lowest BCUT2D eigenvalue weighted by Crippen LogP contribution is -2.36. The van der Waals surface area contributed by atoms with E-state index < -0.39 is 41.1 Å². The van der Waals surface area contributed by atoms with E-state index in [4.69, 9.17) is 15.2 Å². The summed E-state index contributed by atoms with van der Waals surface area (Å²) in [6.45, 7) is 1.06. The van der Waals surface area contributed by atoms with Crippen molar-refractivity contribution in [1.29, 1.82) is 0 Å². The largest absolute Gasteiger partial charge is 0.490 e. The first kappa shape index (κ1) is 24.7. The summed E-state index contributed by atoms with van der Waals surface area (Å²) in [6, 6.07) is 7.24. The molecular weight excluding hydrogens is 472 g/mol. The fraction of sp³-hybridized carbons (Fsp3) is 0.182. The van der Waals surface area contributed by atoms with Crippen molar-refractivity contribution in [2.24, 2.45) is 5.73 Å². The highest BCUT2D eigenvalue weighted by atomic mass is 32.2. The van der Waals surface area contributed by atoms with E-state index in [0.29, 0.717) is 40.6 Å². The Balaban J connectivity index is 1.72. The maximum Gasteiger partial charge on any atom is 0.294 e. The van der Waals surface area contributed by atoms with Gasteiger partial charge in [-0.2, -0.15) is 0 Å². The average molecular weight is 491 g/mol. The van der Waals surface area contributed by atoms with Gasteiger partial charge in [-0.05, 0) is 54.6 Å². The number of amides is 4. The Labute approximate surface area is 196 Å². The van der Waals surface area contributed by atoms with Crippen LogP contribution in [-0.4, -0.2) is 47.6 Å². The minimum absolute atomic E-state index is 0.0546. The molecular formula is C22H19F2N3O6S. The van der Waals surface area contributed by atoms with Gasteiger partial charge in [0.25, 0.3) is 17.1 Å². The molecule has 3 N–H and O–H groups in total. The minimum atomic E-state index is -0.990. The molecule has 0 saturated carbocycles. The average Bonchev–Trinajstić information content (AvgIpc) is 3.02. The van der Waals surface area contributed by atoms with E-state index in [2.05, 4.69) is 5.32 Å². The molecule has 0 aromatic heterocycles. The Kier molecular flexibility index (Phi) is 7.84. The van der Waals surface area contributed by atoms with Crippen molar-refractivity contribution in [2.45, 2.75) is 6.92 Å². The molecule has 1 saturated heterocycles. The molecule has 0 unspecified atom stereocenters. The first-order valence-electron chi connectivity index (χ1n) is 9.86. The monoisotopic (exact) mass is 491 g/mol. The van der Waals surface area contributed by atoms with Crippen LogP contribution in [0, 0.1) is 11.6 Å². The van der Waals surface area contributed by atoms with Crippen LogP contribution in [0.3, 0.4) is 0 Å². The van der Waals surface area contributed by atoms with Gasteiger partial charge in [0.1, 0.15) is 18.2 Å². The number of carbonyl (C=O) groups is 4. The third-order valence-corrected chi connectivity index (χ3v) is 5.22. The van der Waals surface area contributed by atoms with Crippen LogP contribution in [0.15, 0.2) is 41.3 Å². The van der Waals surface area contributed by atoms with Crippen molar-refractivity contribution < 1.29 is 37.4 Å². The molecule has 9 nitrogen and oxygen atoms in total. The van der Waals surface area contributed by atoms with Crippen molar-refractivity contribution in [3.05, 3.63) is 58.5 Å². The predicted octanol–water partition coefficient (Wildman–Crippen LogP) is 2.90. The van der Waals surface area contributed by atoms with Gasteiger partial charge in [-0.25, -0.2) is 8.78 Å². The SMILES string of the molecule is CCOc1cc(C=C2SC(=O)N(CC(=O)Nc3ccc(F)cc3F)C2=O)ccc1OCC(N)=O. The van der Waals surface area contributed by atoms with Gasteiger partial charge in [-0.3, -0.25) is 24.1 Å². The topological polar surface area (TPSA) is 128 Å². The smallest absolute Gasteiger partial charge is 0.294 e. The number of ether oxygens (including phenoxy) is 2. The molecule has 2 aromatic carbocycles. The zero-order valence-electron chi connectivity index (χ0n) is 17.8. The molecule has 2 aromatic rings. The van der Waals surface area contributed by atoms with Crippen LogP contribution in [0.2, 0.25) is 0 Å².